The minimum absolute atomic E-state index is 0.0934. The normalized spacial score (nSPS) is 14.7. The number of nitrogens with zero attached hydrogens (tertiary/aromatic N) is 3. The number of aromatic nitrogens is 1. The number of benzene rings is 1. The number of nitriles is 1. The number of alkyl halides is 1. The minimum atomic E-state index is -3.63. The molecule has 2 aromatic rings. The van der Waals surface area contributed by atoms with E-state index in [0.717, 1.165) is 0 Å². The van der Waals surface area contributed by atoms with Gasteiger partial charge in [-0.25, -0.2) is 0 Å². The Morgan fingerprint density at radius 2 is 1.97 bits per heavy atom. The van der Waals surface area contributed by atoms with Gasteiger partial charge in [-0.15, -0.1) is 0 Å². The Labute approximate surface area is 224 Å². The quantitative estimate of drug-likeness (QED) is 0.309. The number of pyridine rings is 1. The Kier molecular flexibility index (Phi) is 9.76. The van der Waals surface area contributed by atoms with Gasteiger partial charge in [-0.1, -0.05) is 0 Å². The van der Waals surface area contributed by atoms with E-state index in [9.17, 15) is 27.7 Å². The first-order valence-electron chi connectivity index (χ1n) is 11.0. The molecule has 1 aromatic heterocycles. The van der Waals surface area contributed by atoms with Crippen LogP contribution in [-0.2, 0) is 30.1 Å². The number of piperidine rings is 1. The summed E-state index contributed by atoms with van der Waals surface area (Å²) in [6.07, 6.45) is 0.743. The van der Waals surface area contributed by atoms with E-state index in [0.29, 0.717) is 36.5 Å². The number of carbonyl (C=O) groups is 2. The molecule has 1 aromatic carbocycles. The fourth-order valence-corrected chi connectivity index (χ4v) is 10.6. The van der Waals surface area contributed by atoms with Crippen molar-refractivity contribution in [2.24, 2.45) is 5.92 Å². The average Bonchev–Trinajstić information content (AvgIpc) is 2.84. The number of carbonyl (C=O) groups excluding carboxylic acids is 2. The van der Waals surface area contributed by atoms with Gasteiger partial charge < -0.3 is 0 Å². The fourth-order valence-electron chi connectivity index (χ4n) is 3.82. The zero-order valence-corrected chi connectivity index (χ0v) is 23.7. The van der Waals surface area contributed by atoms with Crippen LogP contribution in [0.15, 0.2) is 24.3 Å². The van der Waals surface area contributed by atoms with Crippen LogP contribution in [0, 0.1) is 17.2 Å². The van der Waals surface area contributed by atoms with E-state index < -0.39 is 41.3 Å². The van der Waals surface area contributed by atoms with Crippen LogP contribution >= 0.6 is 23.2 Å². The topological polar surface area (TPSA) is 117 Å². The summed E-state index contributed by atoms with van der Waals surface area (Å²) in [5.74, 6) is -1.27. The first-order valence-corrected chi connectivity index (χ1v) is 17.0. The molecule has 1 saturated heterocycles. The molecule has 1 atom stereocenters. The maximum absolute atomic E-state index is 13.6. The molecule has 0 saturated carbocycles. The van der Waals surface area contributed by atoms with Gasteiger partial charge in [0.1, 0.15) is 0 Å². The summed E-state index contributed by atoms with van der Waals surface area (Å²) in [7, 11) is -3.63. The van der Waals surface area contributed by atoms with E-state index in [2.05, 4.69) is 4.98 Å². The second-order valence-electron chi connectivity index (χ2n) is 8.04. The van der Waals surface area contributed by atoms with Crippen LogP contribution in [0.25, 0.3) is 0 Å². The number of esters is 1. The van der Waals surface area contributed by atoms with Gasteiger partial charge in [0.15, 0.2) is 0 Å². The van der Waals surface area contributed by atoms with Gasteiger partial charge in [-0.05, 0) is 6.92 Å². The summed E-state index contributed by atoms with van der Waals surface area (Å²) < 4.78 is 43.6. The first kappa shape index (κ1) is 28.4. The van der Waals surface area contributed by atoms with E-state index in [-0.39, 0.29) is 44.6 Å². The van der Waals surface area contributed by atoms with Crippen molar-refractivity contribution < 1.29 is 27.1 Å². The molecule has 8 nitrogen and oxygen atoms in total. The number of rotatable bonds is 9. The predicted molar refractivity (Wildman–Crippen MR) is 136 cm³/mol. The Balaban J connectivity index is 1.68. The van der Waals surface area contributed by atoms with Gasteiger partial charge in [0.2, 0.25) is 0 Å². The van der Waals surface area contributed by atoms with E-state index in [1.807, 2.05) is 6.07 Å². The van der Waals surface area contributed by atoms with Gasteiger partial charge >= 0.3 is 218 Å². The van der Waals surface area contributed by atoms with Crippen molar-refractivity contribution in [2.45, 2.75) is 32.2 Å². The van der Waals surface area contributed by atoms with Crippen LogP contribution in [0.2, 0.25) is 10.0 Å². The Morgan fingerprint density at radius 3 is 2.56 bits per heavy atom. The first-order chi connectivity index (χ1) is 17.1. The number of halogens is 3. The molecule has 36 heavy (non-hydrogen) atoms. The van der Waals surface area contributed by atoms with Gasteiger partial charge in [0.05, 0.1) is 0 Å². The van der Waals surface area contributed by atoms with Gasteiger partial charge in [-0.3, -0.25) is 0 Å². The fraction of sp³-hybridized carbons (Fsp3) is 0.391. The number of hydrogen-bond donors (Lipinski definition) is 0. The standard InChI is InChI=1S/C23H23AsCl2FN3O5S/c1-2-35-23(32)18-9-16(12-28)22(29-20(18)11-27)30-7-5-14(6-8-30)21(31)24-36(33,34)13-15-3-4-17(25)10-19(15)26/h3-4,9-10,14,24H,2,5-8,11,13H2,1H3. The van der Waals surface area contributed by atoms with Gasteiger partial charge in [-0.2, -0.15) is 0 Å². The third kappa shape index (κ3) is 6.98. The maximum atomic E-state index is 13.6. The molecule has 0 aliphatic carbocycles. The molecule has 1 fully saturated rings. The van der Waals surface area contributed by atoms with Crippen LogP contribution in [-0.4, -0.2) is 58.2 Å². The van der Waals surface area contributed by atoms with E-state index in [1.54, 1.807) is 17.9 Å². The van der Waals surface area contributed by atoms with Crippen LogP contribution in [0.5, 0.6) is 0 Å². The van der Waals surface area contributed by atoms with E-state index >= 15 is 0 Å². The molecule has 0 bridgehead atoms. The van der Waals surface area contributed by atoms with E-state index in [1.165, 1.54) is 18.2 Å². The predicted octanol–water partition coefficient (Wildman–Crippen LogP) is 3.62. The van der Waals surface area contributed by atoms with Gasteiger partial charge in [0.25, 0.3) is 0 Å². The summed E-state index contributed by atoms with van der Waals surface area (Å²) in [6.45, 7) is 1.37. The van der Waals surface area contributed by atoms with Gasteiger partial charge in [0, 0.05) is 0 Å². The zero-order valence-electron chi connectivity index (χ0n) is 19.3. The third-order valence-electron chi connectivity index (χ3n) is 5.61. The number of ether oxygens (including phenoxy) is 1. The molecule has 0 radical (unpaired) electrons. The second-order valence-corrected chi connectivity index (χ2v) is 16.8. The van der Waals surface area contributed by atoms with Crippen molar-refractivity contribution >= 4 is 62.3 Å². The van der Waals surface area contributed by atoms with Crippen molar-refractivity contribution in [2.75, 3.05) is 24.6 Å². The molecule has 0 N–H and O–H groups in total. The Morgan fingerprint density at radius 1 is 1.28 bits per heavy atom. The molecular weight excluding hydrogens is 595 g/mol. The number of anilines is 1. The molecule has 0 amide bonds. The average molecular weight is 618 g/mol. The molecule has 2 heterocycles. The van der Waals surface area contributed by atoms with Crippen LogP contribution in [0.1, 0.15) is 46.9 Å². The monoisotopic (exact) mass is 617 g/mol. The Bertz CT molecular complexity index is 1310. The summed E-state index contributed by atoms with van der Waals surface area (Å²) in [6, 6.07) is 7.80. The van der Waals surface area contributed by atoms with Crippen molar-refractivity contribution in [3.05, 3.63) is 56.7 Å². The summed E-state index contributed by atoms with van der Waals surface area (Å²) in [4.78, 5) is 30.9. The Hall–Kier alpha value is -2.18. The summed E-state index contributed by atoms with van der Waals surface area (Å²) >= 11 is 9.97. The molecular formula is C23H23AsCl2FN3O5S. The number of hydrogen-bond acceptors (Lipinski definition) is 8. The summed E-state index contributed by atoms with van der Waals surface area (Å²) in [5, 5.41) is 10.2. The van der Waals surface area contributed by atoms with Crippen molar-refractivity contribution in [3.8, 4) is 6.07 Å². The van der Waals surface area contributed by atoms with Crippen molar-refractivity contribution in [1.29, 1.82) is 5.26 Å². The molecule has 0 spiro atoms. The molecule has 1 aliphatic rings. The SMILES string of the molecule is CCOC(=O)c1cc(C#N)c(N2CCC(C(=O)[AsH]S(=O)(=O)Cc3ccc(Cl)cc3Cl)CC2)nc1CF. The van der Waals surface area contributed by atoms with Crippen LogP contribution in [0.4, 0.5) is 10.2 Å². The second kappa shape index (κ2) is 12.4. The zero-order chi connectivity index (χ0) is 26.5. The van der Waals surface area contributed by atoms with Crippen molar-refractivity contribution in [3.63, 3.8) is 0 Å². The third-order valence-corrected chi connectivity index (χ3v) is 12.4. The molecule has 13 heteroatoms. The molecule has 1 aliphatic heterocycles. The van der Waals surface area contributed by atoms with Crippen LogP contribution in [0.3, 0.4) is 0 Å². The summed E-state index contributed by atoms with van der Waals surface area (Å²) in [5.41, 5.74) is 0.272. The van der Waals surface area contributed by atoms with Crippen molar-refractivity contribution in [1.82, 2.24) is 4.98 Å². The molecule has 1 unspecified atom stereocenters. The molecule has 192 valence electrons. The molecule has 3 rings (SSSR count). The van der Waals surface area contributed by atoms with E-state index in [4.69, 9.17) is 27.9 Å². The van der Waals surface area contributed by atoms with Crippen LogP contribution < -0.4 is 4.90 Å².